The number of nitrogens with two attached hydrogens (primary N) is 1. The predicted molar refractivity (Wildman–Crippen MR) is 135 cm³/mol. The van der Waals surface area contributed by atoms with Crippen molar-refractivity contribution in [1.82, 2.24) is 15.2 Å². The van der Waals surface area contributed by atoms with Gasteiger partial charge in [0.05, 0.1) is 0 Å². The van der Waals surface area contributed by atoms with Gasteiger partial charge in [-0.05, 0) is 69.6 Å². The first-order valence-electron chi connectivity index (χ1n) is 13.0. The van der Waals surface area contributed by atoms with Crippen molar-refractivity contribution in [3.63, 3.8) is 0 Å². The highest BCUT2D eigenvalue weighted by Gasteiger charge is 2.55. The third-order valence-electron chi connectivity index (χ3n) is 7.32. The Morgan fingerprint density at radius 2 is 2.00 bits per heavy atom. The number of aldehydes is 1. The number of benzene rings is 1. The third kappa shape index (κ3) is 6.68. The zero-order valence-corrected chi connectivity index (χ0v) is 21.3. The number of carbonyl (C=O) groups is 4. The molecule has 2 saturated carbocycles. The molecule has 0 aromatic heterocycles. The van der Waals surface area contributed by atoms with E-state index in [0.29, 0.717) is 32.4 Å². The molecule has 37 heavy (non-hydrogen) atoms. The fourth-order valence-electron chi connectivity index (χ4n) is 5.09. The number of nitrogens with one attached hydrogen (secondary N) is 1. The van der Waals surface area contributed by atoms with Crippen LogP contribution in [0.2, 0.25) is 0 Å². The number of likely N-dealkylation sites (tertiary alicyclic amines) is 1. The molecule has 3 fully saturated rings. The molecule has 2 aliphatic carbocycles. The van der Waals surface area contributed by atoms with Crippen LogP contribution in [-0.2, 0) is 19.1 Å². The highest BCUT2D eigenvalue weighted by molar-refractivity contribution is 5.92. The Morgan fingerprint density at radius 3 is 2.73 bits per heavy atom. The first kappa shape index (κ1) is 26.7. The topological polar surface area (TPSA) is 131 Å². The van der Waals surface area contributed by atoms with E-state index >= 15 is 0 Å². The Hall–Kier alpha value is -3.40. The molecule has 1 unspecified atom stereocenters. The van der Waals surface area contributed by atoms with E-state index in [0.717, 1.165) is 48.3 Å². The zero-order chi connectivity index (χ0) is 26.4. The van der Waals surface area contributed by atoms with Crippen molar-refractivity contribution < 1.29 is 28.7 Å². The van der Waals surface area contributed by atoms with Crippen LogP contribution in [0.15, 0.2) is 36.4 Å². The summed E-state index contributed by atoms with van der Waals surface area (Å²) in [6.45, 7) is 2.35. The van der Waals surface area contributed by atoms with Gasteiger partial charge in [-0.15, -0.1) is 0 Å². The molecule has 1 aromatic carbocycles. The molecule has 0 radical (unpaired) electrons. The van der Waals surface area contributed by atoms with E-state index < -0.39 is 23.6 Å². The summed E-state index contributed by atoms with van der Waals surface area (Å²) in [6.07, 6.45) is 8.83. The Labute approximate surface area is 217 Å². The van der Waals surface area contributed by atoms with Crippen LogP contribution in [0.1, 0.15) is 50.5 Å². The molecule has 1 aliphatic heterocycles. The van der Waals surface area contributed by atoms with E-state index in [1.807, 2.05) is 43.3 Å². The van der Waals surface area contributed by atoms with Gasteiger partial charge in [0.25, 0.3) is 0 Å². The van der Waals surface area contributed by atoms with Crippen LogP contribution in [-0.4, -0.2) is 71.5 Å². The average molecular weight is 513 g/mol. The largest absolute Gasteiger partial charge is 0.490 e. The van der Waals surface area contributed by atoms with Gasteiger partial charge in [-0.2, -0.15) is 0 Å². The van der Waals surface area contributed by atoms with Crippen molar-refractivity contribution in [2.24, 2.45) is 11.8 Å². The maximum atomic E-state index is 13.1. The second kappa shape index (κ2) is 11.8. The van der Waals surface area contributed by atoms with Crippen LogP contribution in [0.3, 0.4) is 0 Å². The summed E-state index contributed by atoms with van der Waals surface area (Å²) in [4.78, 5) is 51.5. The van der Waals surface area contributed by atoms with Crippen LogP contribution in [0.25, 0.3) is 0 Å². The average Bonchev–Trinajstić information content (AvgIpc) is 3.24. The van der Waals surface area contributed by atoms with Crippen molar-refractivity contribution in [3.05, 3.63) is 42.0 Å². The van der Waals surface area contributed by atoms with Gasteiger partial charge in [-0.1, -0.05) is 24.3 Å². The molecule has 3 aliphatic rings. The molecule has 0 bridgehead atoms. The summed E-state index contributed by atoms with van der Waals surface area (Å²) in [5.41, 5.74) is 0.133. The highest BCUT2D eigenvalue weighted by atomic mass is 16.6. The third-order valence-corrected chi connectivity index (χ3v) is 7.32. The minimum atomic E-state index is -0.973. The minimum absolute atomic E-state index is 0.134. The van der Waals surface area contributed by atoms with E-state index in [1.165, 1.54) is 4.90 Å². The number of hydrogen-bond donors (Lipinski definition) is 2. The number of ether oxygens (including phenoxy) is 2. The van der Waals surface area contributed by atoms with Crippen molar-refractivity contribution in [2.45, 2.75) is 69.6 Å². The molecule has 200 valence electrons. The summed E-state index contributed by atoms with van der Waals surface area (Å²) >= 11 is 0. The van der Waals surface area contributed by atoms with E-state index in [1.54, 1.807) is 0 Å². The molecule has 1 heterocycles. The Kier molecular flexibility index (Phi) is 8.48. The zero-order valence-electron chi connectivity index (χ0n) is 21.3. The van der Waals surface area contributed by atoms with Gasteiger partial charge in [0.2, 0.25) is 11.8 Å². The highest BCUT2D eigenvalue weighted by Crippen LogP contribution is 2.43. The smallest absolute Gasteiger partial charge is 0.424 e. The fourth-order valence-corrected chi connectivity index (χ4v) is 5.09. The summed E-state index contributed by atoms with van der Waals surface area (Å²) in [5.74, 6) is 5.62. The van der Waals surface area contributed by atoms with Crippen LogP contribution >= 0.6 is 0 Å². The lowest BCUT2D eigenvalue weighted by atomic mass is 10.1. The van der Waals surface area contributed by atoms with Crippen LogP contribution < -0.4 is 15.9 Å². The quantitative estimate of drug-likeness (QED) is 0.162. The Morgan fingerprint density at radius 1 is 1.22 bits per heavy atom. The summed E-state index contributed by atoms with van der Waals surface area (Å²) in [5, 5.41) is 3.62. The van der Waals surface area contributed by atoms with Crippen molar-refractivity contribution in [2.75, 3.05) is 19.7 Å². The fraction of sp³-hybridized carbons (Fsp3) is 0.556. The van der Waals surface area contributed by atoms with E-state index in [9.17, 15) is 19.2 Å². The summed E-state index contributed by atoms with van der Waals surface area (Å²) < 4.78 is 11.0. The molecule has 1 saturated heterocycles. The lowest BCUT2D eigenvalue weighted by molar-refractivity contribution is -0.139. The normalized spacial score (nSPS) is 25.2. The first-order chi connectivity index (χ1) is 17.8. The molecule has 3 atom stereocenters. The van der Waals surface area contributed by atoms with Crippen LogP contribution in [0.5, 0.6) is 5.75 Å². The molecule has 10 heteroatoms. The molecule has 3 amide bonds. The van der Waals surface area contributed by atoms with Gasteiger partial charge in [0, 0.05) is 12.5 Å². The minimum Gasteiger partial charge on any atom is -0.490 e. The molecule has 4 rings (SSSR count). The number of aryl methyl sites for hydroxylation is 1. The van der Waals surface area contributed by atoms with E-state index in [-0.39, 0.29) is 24.5 Å². The predicted octanol–water partition coefficient (Wildman–Crippen LogP) is 2.25. The standard InChI is InChI=1S/C27H36N4O6/c1-19-7-4-11-22(15-19)36-14-6-8-20-16-27(20,18-32)29-25(34)23-12-5-13-30(23)24(33)17-31(28)26(35)37-21-9-2-3-10-21/h4,6-8,11,15,18,20-21,23H,2-3,5,9-10,12-14,16-17,28H2,1H3,(H,29,34)/b8-6-/t20?,23-,27-/m0/s1. The molecular weight excluding hydrogens is 476 g/mol. The summed E-state index contributed by atoms with van der Waals surface area (Å²) in [6, 6.07) is 7.03. The molecule has 10 nitrogen and oxygen atoms in total. The second-order valence-corrected chi connectivity index (χ2v) is 10.2. The molecule has 0 spiro atoms. The number of hydrazine groups is 1. The van der Waals surface area contributed by atoms with Gasteiger partial charge >= 0.3 is 6.09 Å². The number of amides is 3. The molecular formula is C27H36N4O6. The van der Waals surface area contributed by atoms with Crippen molar-refractivity contribution >= 4 is 24.2 Å². The number of rotatable bonds is 10. The lowest BCUT2D eigenvalue weighted by Crippen LogP contribution is -2.53. The van der Waals surface area contributed by atoms with Crippen molar-refractivity contribution in [3.8, 4) is 5.75 Å². The number of carbonyl (C=O) groups excluding carboxylic acids is 4. The molecule has 3 N–H and O–H groups in total. The van der Waals surface area contributed by atoms with Gasteiger partial charge in [-0.25, -0.2) is 15.6 Å². The Bertz CT molecular complexity index is 1040. The SMILES string of the molecule is Cc1cccc(OC/C=C\C2C[C@@]2(C=O)NC(=O)[C@@H]2CCCN2C(=O)CN(N)C(=O)OC2CCCC2)c1. The molecule has 1 aromatic rings. The maximum Gasteiger partial charge on any atom is 0.424 e. The monoisotopic (exact) mass is 512 g/mol. The Balaban J connectivity index is 1.25. The maximum absolute atomic E-state index is 13.1. The second-order valence-electron chi connectivity index (χ2n) is 10.2. The van der Waals surface area contributed by atoms with Gasteiger partial charge in [0.1, 0.15) is 42.9 Å². The lowest BCUT2D eigenvalue weighted by Gasteiger charge is -2.27. The van der Waals surface area contributed by atoms with Crippen LogP contribution in [0, 0.1) is 12.8 Å². The van der Waals surface area contributed by atoms with Gasteiger partial charge < -0.3 is 24.5 Å². The van der Waals surface area contributed by atoms with Gasteiger partial charge in [0.15, 0.2) is 0 Å². The van der Waals surface area contributed by atoms with E-state index in [2.05, 4.69) is 5.32 Å². The van der Waals surface area contributed by atoms with E-state index in [4.69, 9.17) is 15.3 Å². The van der Waals surface area contributed by atoms with Gasteiger partial charge in [-0.3, -0.25) is 9.59 Å². The number of nitrogens with zero attached hydrogens (tertiary/aromatic N) is 2. The summed E-state index contributed by atoms with van der Waals surface area (Å²) in [7, 11) is 0. The number of hydrogen-bond acceptors (Lipinski definition) is 7. The van der Waals surface area contributed by atoms with Crippen molar-refractivity contribution in [1.29, 1.82) is 0 Å². The van der Waals surface area contributed by atoms with Crippen LogP contribution in [0.4, 0.5) is 4.79 Å². The first-order valence-corrected chi connectivity index (χ1v) is 13.0.